The summed E-state index contributed by atoms with van der Waals surface area (Å²) in [6.45, 7) is 2.28. The van der Waals surface area contributed by atoms with Gasteiger partial charge in [0.2, 0.25) is 0 Å². The highest BCUT2D eigenvalue weighted by Gasteiger charge is 2.07. The molecule has 0 aliphatic heterocycles. The van der Waals surface area contributed by atoms with E-state index in [1.165, 1.54) is 5.56 Å². The number of nitrogens with one attached hydrogen (secondary N) is 4. The molecule has 4 N–H and O–H groups in total. The van der Waals surface area contributed by atoms with Crippen molar-refractivity contribution in [2.24, 2.45) is 0 Å². The third-order valence-electron chi connectivity index (χ3n) is 5.42. The van der Waals surface area contributed by atoms with Crippen molar-refractivity contribution in [3.63, 3.8) is 0 Å². The molecule has 0 radical (unpaired) electrons. The zero-order chi connectivity index (χ0) is 22.3. The van der Waals surface area contributed by atoms with Gasteiger partial charge in [0.15, 0.2) is 0 Å². The fraction of sp³-hybridized carbons (Fsp3) is 0.115. The molecule has 0 atom stereocenters. The Morgan fingerprint density at radius 1 is 0.727 bits per heavy atom. The molecule has 2 heterocycles. The molecular formula is C26H25N7. The number of aromatic nitrogens is 4. The standard InChI is InChI=1S/C26H25N7/c1-2-5-19(6-3-1)15-29-23-8-4-7-22(14-23)27-11-12-28-26-24-13-20(21-16-32-33-17-21)9-10-25(24)30-18-31-26/h1-10,13-14,16-18,27,29H,11-12,15H2,(H,32,33)(H,28,30,31). The molecule has 7 nitrogen and oxygen atoms in total. The van der Waals surface area contributed by atoms with Crippen LogP contribution in [0.1, 0.15) is 5.56 Å². The van der Waals surface area contributed by atoms with Gasteiger partial charge >= 0.3 is 0 Å². The van der Waals surface area contributed by atoms with E-state index in [9.17, 15) is 0 Å². The van der Waals surface area contributed by atoms with E-state index in [4.69, 9.17) is 0 Å². The second-order valence-electron chi connectivity index (χ2n) is 7.71. The largest absolute Gasteiger partial charge is 0.383 e. The number of aromatic amines is 1. The Hall–Kier alpha value is -4.39. The highest BCUT2D eigenvalue weighted by Crippen LogP contribution is 2.26. The third kappa shape index (κ3) is 5.10. The van der Waals surface area contributed by atoms with Gasteiger partial charge in [-0.05, 0) is 41.5 Å². The van der Waals surface area contributed by atoms with Crippen LogP contribution in [0, 0.1) is 0 Å². The number of rotatable bonds is 9. The molecule has 0 unspecified atom stereocenters. The Morgan fingerprint density at radius 3 is 2.42 bits per heavy atom. The highest BCUT2D eigenvalue weighted by molar-refractivity contribution is 5.92. The lowest BCUT2D eigenvalue weighted by Gasteiger charge is -2.12. The summed E-state index contributed by atoms with van der Waals surface area (Å²) in [7, 11) is 0. The van der Waals surface area contributed by atoms with Crippen molar-refractivity contribution < 1.29 is 0 Å². The quantitative estimate of drug-likeness (QED) is 0.239. The van der Waals surface area contributed by atoms with Crippen LogP contribution in [0.3, 0.4) is 0 Å². The van der Waals surface area contributed by atoms with E-state index in [1.54, 1.807) is 6.33 Å². The summed E-state index contributed by atoms with van der Waals surface area (Å²) in [6, 6.07) is 24.9. The van der Waals surface area contributed by atoms with Crippen molar-refractivity contribution in [2.45, 2.75) is 6.54 Å². The summed E-state index contributed by atoms with van der Waals surface area (Å²) in [6.07, 6.45) is 5.28. The normalized spacial score (nSPS) is 10.8. The number of H-pyrrole nitrogens is 1. The van der Waals surface area contributed by atoms with Crippen LogP contribution < -0.4 is 16.0 Å². The first-order chi connectivity index (χ1) is 16.3. The van der Waals surface area contributed by atoms with Gasteiger partial charge < -0.3 is 16.0 Å². The Kier molecular flexibility index (Phi) is 6.11. The van der Waals surface area contributed by atoms with E-state index in [0.29, 0.717) is 0 Å². The first kappa shape index (κ1) is 20.5. The Bertz CT molecular complexity index is 1320. The monoisotopic (exact) mass is 435 g/mol. The van der Waals surface area contributed by atoms with Gasteiger partial charge in [-0.3, -0.25) is 5.10 Å². The molecule has 0 aliphatic rings. The van der Waals surface area contributed by atoms with Gasteiger partial charge in [0, 0.05) is 48.2 Å². The second kappa shape index (κ2) is 9.82. The molecule has 7 heteroatoms. The minimum atomic E-state index is 0.726. The summed E-state index contributed by atoms with van der Waals surface area (Å²) < 4.78 is 0. The molecule has 3 aromatic carbocycles. The Labute approximate surface area is 192 Å². The Morgan fingerprint density at radius 2 is 1.58 bits per heavy atom. The maximum absolute atomic E-state index is 4.46. The van der Waals surface area contributed by atoms with Crippen molar-refractivity contribution in [3.05, 3.63) is 97.1 Å². The van der Waals surface area contributed by atoms with Crippen molar-refractivity contribution in [1.29, 1.82) is 0 Å². The fourth-order valence-electron chi connectivity index (χ4n) is 3.71. The molecule has 5 rings (SSSR count). The van der Waals surface area contributed by atoms with E-state index in [1.807, 2.05) is 30.6 Å². The molecule has 0 fully saturated rings. The zero-order valence-electron chi connectivity index (χ0n) is 18.1. The highest BCUT2D eigenvalue weighted by atomic mass is 15.1. The van der Waals surface area contributed by atoms with Gasteiger partial charge in [0.25, 0.3) is 0 Å². The predicted molar refractivity (Wildman–Crippen MR) is 134 cm³/mol. The molecule has 164 valence electrons. The molecule has 0 saturated heterocycles. The van der Waals surface area contributed by atoms with Crippen molar-refractivity contribution in [3.8, 4) is 11.1 Å². The fourth-order valence-corrected chi connectivity index (χ4v) is 3.71. The summed E-state index contributed by atoms with van der Waals surface area (Å²) in [4.78, 5) is 8.85. The lowest BCUT2D eigenvalue weighted by molar-refractivity contribution is 1.06. The maximum atomic E-state index is 4.46. The van der Waals surface area contributed by atoms with Gasteiger partial charge in [0.05, 0.1) is 11.7 Å². The summed E-state index contributed by atoms with van der Waals surface area (Å²) >= 11 is 0. The molecule has 2 aromatic heterocycles. The van der Waals surface area contributed by atoms with E-state index in [2.05, 4.69) is 90.7 Å². The molecule has 0 saturated carbocycles. The third-order valence-corrected chi connectivity index (χ3v) is 5.42. The van der Waals surface area contributed by atoms with Gasteiger partial charge in [-0.2, -0.15) is 5.10 Å². The lowest BCUT2D eigenvalue weighted by Crippen LogP contribution is -2.14. The number of hydrogen-bond acceptors (Lipinski definition) is 6. The second-order valence-corrected chi connectivity index (χ2v) is 7.71. The van der Waals surface area contributed by atoms with Gasteiger partial charge in [0.1, 0.15) is 12.1 Å². The van der Waals surface area contributed by atoms with E-state index in [0.717, 1.165) is 58.9 Å². The topological polar surface area (TPSA) is 90.5 Å². The molecular weight excluding hydrogens is 410 g/mol. The van der Waals surface area contributed by atoms with Gasteiger partial charge in [-0.15, -0.1) is 0 Å². The van der Waals surface area contributed by atoms with E-state index < -0.39 is 0 Å². The van der Waals surface area contributed by atoms with E-state index >= 15 is 0 Å². The van der Waals surface area contributed by atoms with Crippen LogP contribution in [0.25, 0.3) is 22.0 Å². The van der Waals surface area contributed by atoms with Gasteiger partial charge in [-0.1, -0.05) is 42.5 Å². The molecule has 0 aliphatic carbocycles. The molecule has 0 amide bonds. The van der Waals surface area contributed by atoms with Crippen LogP contribution in [-0.4, -0.2) is 33.3 Å². The average Bonchev–Trinajstić information content (AvgIpc) is 3.41. The smallest absolute Gasteiger partial charge is 0.137 e. The van der Waals surface area contributed by atoms with Crippen LogP contribution in [0.15, 0.2) is 91.5 Å². The van der Waals surface area contributed by atoms with Crippen molar-refractivity contribution >= 4 is 28.1 Å². The SMILES string of the molecule is c1ccc(CNc2cccc(NCCNc3ncnc4ccc(-c5cn[nH]c5)cc34)c2)cc1. The summed E-state index contributed by atoms with van der Waals surface area (Å²) in [5.74, 6) is 0.824. The van der Waals surface area contributed by atoms with Crippen LogP contribution in [0.4, 0.5) is 17.2 Å². The number of hydrogen-bond donors (Lipinski definition) is 4. The summed E-state index contributed by atoms with van der Waals surface area (Å²) in [5, 5.41) is 18.3. The zero-order valence-corrected chi connectivity index (χ0v) is 18.1. The van der Waals surface area contributed by atoms with Crippen LogP contribution in [0.2, 0.25) is 0 Å². The van der Waals surface area contributed by atoms with E-state index in [-0.39, 0.29) is 0 Å². The first-order valence-corrected chi connectivity index (χ1v) is 10.9. The van der Waals surface area contributed by atoms with Crippen molar-refractivity contribution in [1.82, 2.24) is 20.2 Å². The molecule has 0 bridgehead atoms. The van der Waals surface area contributed by atoms with Crippen LogP contribution >= 0.6 is 0 Å². The maximum Gasteiger partial charge on any atom is 0.137 e. The number of fused-ring (bicyclic) bond motifs is 1. The molecule has 33 heavy (non-hydrogen) atoms. The first-order valence-electron chi connectivity index (χ1n) is 10.9. The van der Waals surface area contributed by atoms with Crippen LogP contribution in [0.5, 0.6) is 0 Å². The average molecular weight is 436 g/mol. The van der Waals surface area contributed by atoms with Crippen molar-refractivity contribution in [2.75, 3.05) is 29.0 Å². The Balaban J connectivity index is 1.19. The predicted octanol–water partition coefficient (Wildman–Crippen LogP) is 5.16. The number of benzene rings is 3. The number of anilines is 3. The lowest BCUT2D eigenvalue weighted by atomic mass is 10.1. The minimum absolute atomic E-state index is 0.726. The van der Waals surface area contributed by atoms with Crippen LogP contribution in [-0.2, 0) is 6.54 Å². The minimum Gasteiger partial charge on any atom is -0.383 e. The van der Waals surface area contributed by atoms with Gasteiger partial charge in [-0.25, -0.2) is 9.97 Å². The summed E-state index contributed by atoms with van der Waals surface area (Å²) in [5.41, 5.74) is 6.44. The number of nitrogens with zero attached hydrogens (tertiary/aromatic N) is 3. The molecule has 0 spiro atoms. The molecule has 5 aromatic rings.